The molecule has 0 amide bonds. The molecule has 1 unspecified atom stereocenters. The Balaban J connectivity index is 2.05. The zero-order chi connectivity index (χ0) is 14.5. The van der Waals surface area contributed by atoms with Crippen LogP contribution in [0.25, 0.3) is 0 Å². The fourth-order valence-corrected chi connectivity index (χ4v) is 2.30. The van der Waals surface area contributed by atoms with E-state index in [1.165, 1.54) is 11.1 Å². The predicted molar refractivity (Wildman–Crippen MR) is 85.4 cm³/mol. The van der Waals surface area contributed by atoms with Gasteiger partial charge in [0.25, 0.3) is 0 Å². The van der Waals surface area contributed by atoms with Crippen molar-refractivity contribution in [2.75, 3.05) is 5.32 Å². The van der Waals surface area contributed by atoms with Gasteiger partial charge in [0.15, 0.2) is 0 Å². The first kappa shape index (κ1) is 14.4. The molecular weight excluding hydrogens is 246 g/mol. The summed E-state index contributed by atoms with van der Waals surface area (Å²) in [5.74, 6) is 0.911. The van der Waals surface area contributed by atoms with Crippen molar-refractivity contribution in [3.05, 3.63) is 59.7 Å². The molecule has 2 aromatic carbocycles. The molecule has 0 aliphatic carbocycles. The van der Waals surface area contributed by atoms with Crippen molar-refractivity contribution >= 4 is 5.69 Å². The Bertz CT molecular complexity index is 546. The largest absolute Gasteiger partial charge is 0.491 e. The summed E-state index contributed by atoms with van der Waals surface area (Å²) in [4.78, 5) is 0. The fraction of sp³-hybridized carbons (Fsp3) is 0.333. The highest BCUT2D eigenvalue weighted by Gasteiger charge is 2.07. The first-order chi connectivity index (χ1) is 9.56. The summed E-state index contributed by atoms with van der Waals surface area (Å²) in [6, 6.07) is 16.9. The van der Waals surface area contributed by atoms with Gasteiger partial charge in [-0.3, -0.25) is 0 Å². The van der Waals surface area contributed by atoms with Gasteiger partial charge in [-0.05, 0) is 63.1 Å². The molecule has 0 fully saturated rings. The molecule has 0 radical (unpaired) electrons. The first-order valence-corrected chi connectivity index (χ1v) is 7.15. The van der Waals surface area contributed by atoms with Gasteiger partial charge in [-0.25, -0.2) is 0 Å². The number of hydrogen-bond acceptors (Lipinski definition) is 2. The third-order valence-electron chi connectivity index (χ3n) is 3.26. The van der Waals surface area contributed by atoms with Gasteiger partial charge in [0.05, 0.1) is 6.10 Å². The molecule has 0 spiro atoms. The molecule has 106 valence electrons. The molecule has 0 aliphatic heterocycles. The van der Waals surface area contributed by atoms with Crippen molar-refractivity contribution < 1.29 is 4.74 Å². The lowest BCUT2D eigenvalue weighted by atomic mass is 10.0. The van der Waals surface area contributed by atoms with Gasteiger partial charge in [0.2, 0.25) is 0 Å². The second-order valence-corrected chi connectivity index (χ2v) is 5.41. The highest BCUT2D eigenvalue weighted by molar-refractivity contribution is 5.48. The summed E-state index contributed by atoms with van der Waals surface area (Å²) < 4.78 is 5.65. The van der Waals surface area contributed by atoms with Gasteiger partial charge in [0.1, 0.15) is 5.75 Å². The molecule has 2 rings (SSSR count). The summed E-state index contributed by atoms with van der Waals surface area (Å²) in [5, 5.41) is 3.52. The van der Waals surface area contributed by atoms with Crippen molar-refractivity contribution in [2.24, 2.45) is 0 Å². The van der Waals surface area contributed by atoms with E-state index in [1.54, 1.807) is 0 Å². The van der Waals surface area contributed by atoms with Gasteiger partial charge in [-0.1, -0.05) is 24.3 Å². The molecule has 2 nitrogen and oxygen atoms in total. The summed E-state index contributed by atoms with van der Waals surface area (Å²) in [6.07, 6.45) is 0.208. The van der Waals surface area contributed by atoms with Crippen LogP contribution >= 0.6 is 0 Å². The smallest absolute Gasteiger partial charge is 0.119 e. The molecule has 0 saturated carbocycles. The number of ether oxygens (including phenoxy) is 1. The lowest BCUT2D eigenvalue weighted by Gasteiger charge is -2.18. The molecule has 0 aromatic heterocycles. The molecule has 0 aliphatic rings. The minimum Gasteiger partial charge on any atom is -0.491 e. The highest BCUT2D eigenvalue weighted by atomic mass is 16.5. The van der Waals surface area contributed by atoms with Crippen LogP contribution in [0.2, 0.25) is 0 Å². The van der Waals surface area contributed by atoms with E-state index in [4.69, 9.17) is 4.74 Å². The van der Waals surface area contributed by atoms with E-state index in [2.05, 4.69) is 55.6 Å². The lowest BCUT2D eigenvalue weighted by molar-refractivity contribution is 0.242. The molecular formula is C18H23NO. The summed E-state index contributed by atoms with van der Waals surface area (Å²) in [7, 11) is 0. The maximum atomic E-state index is 5.65. The number of rotatable bonds is 5. The lowest BCUT2D eigenvalue weighted by Crippen LogP contribution is -2.08. The van der Waals surface area contributed by atoms with Crippen LogP contribution < -0.4 is 10.1 Å². The number of aryl methyl sites for hydroxylation is 1. The van der Waals surface area contributed by atoms with E-state index >= 15 is 0 Å². The molecule has 1 atom stereocenters. The fourth-order valence-electron chi connectivity index (χ4n) is 2.30. The maximum Gasteiger partial charge on any atom is 0.119 e. The van der Waals surface area contributed by atoms with Crippen LogP contribution in [-0.2, 0) is 0 Å². The average Bonchev–Trinajstić information content (AvgIpc) is 2.41. The third kappa shape index (κ3) is 3.77. The van der Waals surface area contributed by atoms with Crippen molar-refractivity contribution in [1.29, 1.82) is 0 Å². The molecule has 2 heteroatoms. The van der Waals surface area contributed by atoms with Gasteiger partial charge >= 0.3 is 0 Å². The van der Waals surface area contributed by atoms with E-state index in [0.29, 0.717) is 0 Å². The predicted octanol–water partition coefficient (Wildman–Crippen LogP) is 4.96. The van der Waals surface area contributed by atoms with Crippen molar-refractivity contribution in [1.82, 2.24) is 0 Å². The van der Waals surface area contributed by atoms with Crippen molar-refractivity contribution in [2.45, 2.75) is 39.8 Å². The van der Waals surface area contributed by atoms with Crippen LogP contribution in [0.15, 0.2) is 48.5 Å². The standard InChI is InChI=1S/C18H23NO/c1-13(2)20-17-11-9-16(10-12-17)19-15(4)18-8-6-5-7-14(18)3/h5-13,15,19H,1-4H3. The number of hydrogen-bond donors (Lipinski definition) is 1. The first-order valence-electron chi connectivity index (χ1n) is 7.15. The van der Waals surface area contributed by atoms with Gasteiger partial charge in [0, 0.05) is 11.7 Å². The van der Waals surface area contributed by atoms with E-state index in [9.17, 15) is 0 Å². The molecule has 2 aromatic rings. The second-order valence-electron chi connectivity index (χ2n) is 5.41. The topological polar surface area (TPSA) is 21.3 Å². The summed E-state index contributed by atoms with van der Waals surface area (Å²) in [5.41, 5.74) is 3.75. The molecule has 0 bridgehead atoms. The van der Waals surface area contributed by atoms with E-state index in [-0.39, 0.29) is 12.1 Å². The Kier molecular flexibility index (Phi) is 4.67. The van der Waals surface area contributed by atoms with E-state index < -0.39 is 0 Å². The van der Waals surface area contributed by atoms with Crippen LogP contribution in [0, 0.1) is 6.92 Å². The van der Waals surface area contributed by atoms with Crippen molar-refractivity contribution in [3.63, 3.8) is 0 Å². The highest BCUT2D eigenvalue weighted by Crippen LogP contribution is 2.23. The second kappa shape index (κ2) is 6.47. The SMILES string of the molecule is Cc1ccccc1C(C)Nc1ccc(OC(C)C)cc1. The number of benzene rings is 2. The minimum absolute atomic E-state index is 0.208. The quantitative estimate of drug-likeness (QED) is 0.828. The van der Waals surface area contributed by atoms with Gasteiger partial charge < -0.3 is 10.1 Å². The Labute approximate surface area is 121 Å². The zero-order valence-electron chi connectivity index (χ0n) is 12.7. The molecule has 20 heavy (non-hydrogen) atoms. The average molecular weight is 269 g/mol. The van der Waals surface area contributed by atoms with E-state index in [1.807, 2.05) is 26.0 Å². The zero-order valence-corrected chi connectivity index (χ0v) is 12.7. The summed E-state index contributed by atoms with van der Waals surface area (Å²) in [6.45, 7) is 8.40. The van der Waals surface area contributed by atoms with Gasteiger partial charge in [-0.2, -0.15) is 0 Å². The third-order valence-corrected chi connectivity index (χ3v) is 3.26. The monoisotopic (exact) mass is 269 g/mol. The number of anilines is 1. The molecule has 0 saturated heterocycles. The Morgan fingerprint density at radius 2 is 1.55 bits per heavy atom. The Morgan fingerprint density at radius 1 is 0.900 bits per heavy atom. The van der Waals surface area contributed by atoms with Crippen LogP contribution in [-0.4, -0.2) is 6.10 Å². The Hall–Kier alpha value is -1.96. The van der Waals surface area contributed by atoms with Crippen LogP contribution in [0.3, 0.4) is 0 Å². The maximum absolute atomic E-state index is 5.65. The van der Waals surface area contributed by atoms with Crippen LogP contribution in [0.1, 0.15) is 37.9 Å². The minimum atomic E-state index is 0.208. The summed E-state index contributed by atoms with van der Waals surface area (Å²) >= 11 is 0. The van der Waals surface area contributed by atoms with Crippen molar-refractivity contribution in [3.8, 4) is 5.75 Å². The normalized spacial score (nSPS) is 12.2. The molecule has 0 heterocycles. The van der Waals surface area contributed by atoms with Crippen LogP contribution in [0.5, 0.6) is 5.75 Å². The Morgan fingerprint density at radius 3 is 2.15 bits per heavy atom. The van der Waals surface area contributed by atoms with E-state index in [0.717, 1.165) is 11.4 Å². The van der Waals surface area contributed by atoms with Crippen LogP contribution in [0.4, 0.5) is 5.69 Å². The van der Waals surface area contributed by atoms with Gasteiger partial charge in [-0.15, -0.1) is 0 Å². The molecule has 1 N–H and O–H groups in total. The number of nitrogens with one attached hydrogen (secondary N) is 1.